The topological polar surface area (TPSA) is 73.3 Å². The Morgan fingerprint density at radius 1 is 1.22 bits per heavy atom. The number of allylic oxidation sites excluding steroid dienone is 1. The van der Waals surface area contributed by atoms with E-state index in [4.69, 9.17) is 16.2 Å². The number of hydrogen-bond acceptors (Lipinski definition) is 4. The molecular formula is C19H31N3O. The minimum Gasteiger partial charge on any atom is -0.493 e. The molecule has 4 nitrogen and oxygen atoms in total. The smallest absolute Gasteiger partial charge is 0.124 e. The summed E-state index contributed by atoms with van der Waals surface area (Å²) in [5.41, 5.74) is 16.7. The van der Waals surface area contributed by atoms with Crippen molar-refractivity contribution in [2.45, 2.75) is 46.1 Å². The summed E-state index contributed by atoms with van der Waals surface area (Å²) in [6, 6.07) is 4.07. The fourth-order valence-electron chi connectivity index (χ4n) is 2.24. The molecule has 1 aromatic carbocycles. The molecule has 0 aromatic heterocycles. The summed E-state index contributed by atoms with van der Waals surface area (Å²) in [5, 5.41) is 3.38. The quantitative estimate of drug-likeness (QED) is 0.332. The Balaban J connectivity index is 2.66. The maximum absolute atomic E-state index is 6.17. The molecule has 23 heavy (non-hydrogen) atoms. The second-order valence-corrected chi connectivity index (χ2v) is 5.83. The summed E-state index contributed by atoms with van der Waals surface area (Å²) in [5.74, 6) is 0.870. The number of aryl methyl sites for hydroxylation is 1. The Kier molecular flexibility index (Phi) is 8.27. The molecule has 0 amide bonds. The van der Waals surface area contributed by atoms with Gasteiger partial charge < -0.3 is 21.5 Å². The molecule has 0 radical (unpaired) electrons. The van der Waals surface area contributed by atoms with Gasteiger partial charge in [-0.1, -0.05) is 32.6 Å². The first kappa shape index (κ1) is 19.1. The Bertz CT molecular complexity index is 538. The first-order valence-electron chi connectivity index (χ1n) is 8.32. The Hall–Kier alpha value is -1.94. The van der Waals surface area contributed by atoms with Gasteiger partial charge in [-0.05, 0) is 42.9 Å². The van der Waals surface area contributed by atoms with Crippen molar-refractivity contribution in [3.63, 3.8) is 0 Å². The van der Waals surface area contributed by atoms with Crippen molar-refractivity contribution in [3.8, 4) is 5.75 Å². The number of anilines is 1. The van der Waals surface area contributed by atoms with E-state index in [1.807, 2.05) is 6.07 Å². The highest BCUT2D eigenvalue weighted by atomic mass is 16.5. The molecule has 5 N–H and O–H groups in total. The second kappa shape index (κ2) is 9.95. The van der Waals surface area contributed by atoms with Gasteiger partial charge in [-0.15, -0.1) is 0 Å². The maximum atomic E-state index is 6.17. The van der Waals surface area contributed by atoms with E-state index in [1.54, 1.807) is 0 Å². The lowest BCUT2D eigenvalue weighted by Crippen LogP contribution is -2.17. The van der Waals surface area contributed by atoms with Crippen LogP contribution in [0.25, 0.3) is 0 Å². The zero-order valence-corrected chi connectivity index (χ0v) is 14.6. The average molecular weight is 317 g/mol. The van der Waals surface area contributed by atoms with E-state index in [2.05, 4.69) is 38.4 Å². The van der Waals surface area contributed by atoms with Gasteiger partial charge in [0, 0.05) is 30.5 Å². The molecule has 0 heterocycles. The molecule has 0 saturated carbocycles. The van der Waals surface area contributed by atoms with Crippen LogP contribution in [0.3, 0.4) is 0 Å². The van der Waals surface area contributed by atoms with Crippen LogP contribution in [-0.2, 0) is 13.0 Å². The Labute approximate surface area is 140 Å². The highest BCUT2D eigenvalue weighted by Gasteiger charge is 2.08. The van der Waals surface area contributed by atoms with Crippen LogP contribution in [0.2, 0.25) is 0 Å². The molecule has 0 aliphatic carbocycles. The third-order valence-corrected chi connectivity index (χ3v) is 3.79. The first-order valence-corrected chi connectivity index (χ1v) is 8.32. The third-order valence-electron chi connectivity index (χ3n) is 3.79. The minimum absolute atomic E-state index is 0.622. The van der Waals surface area contributed by atoms with Crippen LogP contribution < -0.4 is 21.5 Å². The summed E-state index contributed by atoms with van der Waals surface area (Å²) >= 11 is 0. The van der Waals surface area contributed by atoms with E-state index in [0.717, 1.165) is 55.8 Å². The molecule has 1 aromatic rings. The van der Waals surface area contributed by atoms with E-state index < -0.39 is 0 Å². The fraction of sp³-hybridized carbons (Fsp3) is 0.474. The van der Waals surface area contributed by atoms with E-state index in [9.17, 15) is 0 Å². The molecule has 0 spiro atoms. The van der Waals surface area contributed by atoms with Gasteiger partial charge in [0.2, 0.25) is 0 Å². The number of nitrogens with two attached hydrogens (primary N) is 2. The van der Waals surface area contributed by atoms with Crippen LogP contribution in [0.1, 0.15) is 44.2 Å². The Morgan fingerprint density at radius 2 is 1.96 bits per heavy atom. The predicted octanol–water partition coefficient (Wildman–Crippen LogP) is 3.52. The molecule has 128 valence electrons. The number of ether oxygens (including phenoxy) is 1. The molecule has 0 unspecified atom stereocenters. The summed E-state index contributed by atoms with van der Waals surface area (Å²) < 4.78 is 5.86. The molecule has 1 rings (SSSR count). The van der Waals surface area contributed by atoms with Crippen molar-refractivity contribution in [1.82, 2.24) is 5.32 Å². The maximum Gasteiger partial charge on any atom is 0.124 e. The van der Waals surface area contributed by atoms with Crippen molar-refractivity contribution in [2.24, 2.45) is 5.73 Å². The number of nitrogens with one attached hydrogen (secondary N) is 1. The number of hydrogen-bond donors (Lipinski definition) is 3. The summed E-state index contributed by atoms with van der Waals surface area (Å²) in [6.45, 7) is 14.1. The van der Waals surface area contributed by atoms with E-state index in [1.165, 1.54) is 11.1 Å². The standard InChI is InChI=1S/C19H31N3O/c1-5-14(3)12-22-13-17-10-16(6-2)19(11-18(17)21)23-9-7-8-15(4)20/h10-11,22H,3-9,12-13,20-21H2,1-2H3. The molecule has 0 atom stereocenters. The molecule has 0 fully saturated rings. The number of rotatable bonds is 11. The van der Waals surface area contributed by atoms with Crippen molar-refractivity contribution in [3.05, 3.63) is 47.7 Å². The predicted molar refractivity (Wildman–Crippen MR) is 99.4 cm³/mol. The largest absolute Gasteiger partial charge is 0.493 e. The van der Waals surface area contributed by atoms with Gasteiger partial charge >= 0.3 is 0 Å². The van der Waals surface area contributed by atoms with Gasteiger partial charge in [-0.25, -0.2) is 0 Å². The normalized spacial score (nSPS) is 10.5. The van der Waals surface area contributed by atoms with Crippen LogP contribution >= 0.6 is 0 Å². The lowest BCUT2D eigenvalue weighted by atomic mass is 10.0. The van der Waals surface area contributed by atoms with Crippen molar-refractivity contribution in [1.29, 1.82) is 0 Å². The Morgan fingerprint density at radius 3 is 2.57 bits per heavy atom. The molecule has 0 bridgehead atoms. The first-order chi connectivity index (χ1) is 11.0. The van der Waals surface area contributed by atoms with Crippen LogP contribution in [0.15, 0.2) is 36.6 Å². The minimum atomic E-state index is 0.622. The van der Waals surface area contributed by atoms with Crippen LogP contribution in [-0.4, -0.2) is 13.2 Å². The summed E-state index contributed by atoms with van der Waals surface area (Å²) in [6.07, 6.45) is 3.54. The van der Waals surface area contributed by atoms with Gasteiger partial charge in [0.15, 0.2) is 0 Å². The van der Waals surface area contributed by atoms with Gasteiger partial charge in [0.05, 0.1) is 6.61 Å². The molecule has 0 aliphatic rings. The lowest BCUT2D eigenvalue weighted by molar-refractivity contribution is 0.308. The monoisotopic (exact) mass is 317 g/mol. The summed E-state index contributed by atoms with van der Waals surface area (Å²) in [4.78, 5) is 0. The SMILES string of the molecule is C=C(N)CCCOc1cc(N)c(CNCC(=C)CC)cc1CC. The third kappa shape index (κ3) is 6.78. The van der Waals surface area contributed by atoms with E-state index in [0.29, 0.717) is 12.3 Å². The highest BCUT2D eigenvalue weighted by Crippen LogP contribution is 2.26. The van der Waals surface area contributed by atoms with Gasteiger partial charge in [0.25, 0.3) is 0 Å². The van der Waals surface area contributed by atoms with Crippen molar-refractivity contribution >= 4 is 5.69 Å². The van der Waals surface area contributed by atoms with Gasteiger partial charge in [-0.2, -0.15) is 0 Å². The lowest BCUT2D eigenvalue weighted by Gasteiger charge is -2.15. The summed E-state index contributed by atoms with van der Waals surface area (Å²) in [7, 11) is 0. The van der Waals surface area contributed by atoms with Crippen molar-refractivity contribution in [2.75, 3.05) is 18.9 Å². The van der Waals surface area contributed by atoms with Gasteiger partial charge in [-0.3, -0.25) is 0 Å². The zero-order chi connectivity index (χ0) is 17.2. The average Bonchev–Trinajstić information content (AvgIpc) is 2.52. The zero-order valence-electron chi connectivity index (χ0n) is 14.6. The molecule has 0 saturated heterocycles. The van der Waals surface area contributed by atoms with Crippen LogP contribution in [0.4, 0.5) is 5.69 Å². The fourth-order valence-corrected chi connectivity index (χ4v) is 2.24. The number of benzene rings is 1. The molecule has 0 aliphatic heterocycles. The van der Waals surface area contributed by atoms with Crippen molar-refractivity contribution < 1.29 is 4.74 Å². The highest BCUT2D eigenvalue weighted by molar-refractivity contribution is 5.55. The van der Waals surface area contributed by atoms with E-state index >= 15 is 0 Å². The van der Waals surface area contributed by atoms with Crippen LogP contribution in [0.5, 0.6) is 5.75 Å². The van der Waals surface area contributed by atoms with Gasteiger partial charge in [0.1, 0.15) is 5.75 Å². The van der Waals surface area contributed by atoms with E-state index in [-0.39, 0.29) is 0 Å². The number of nitrogen functional groups attached to an aromatic ring is 1. The second-order valence-electron chi connectivity index (χ2n) is 5.83. The molecule has 4 heteroatoms. The van der Waals surface area contributed by atoms with Crippen LogP contribution in [0, 0.1) is 0 Å². The molecular weight excluding hydrogens is 286 g/mol.